The molecule has 1 saturated heterocycles. The van der Waals surface area contributed by atoms with Crippen LogP contribution in [-0.4, -0.2) is 16.0 Å². The fourth-order valence-corrected chi connectivity index (χ4v) is 3.09. The van der Waals surface area contributed by atoms with Gasteiger partial charge in [-0.25, -0.2) is 4.98 Å². The zero-order valence-electron chi connectivity index (χ0n) is 9.86. The molecule has 92 valence electrons. The fraction of sp³-hybridized carbons (Fsp3) is 0.357. The summed E-state index contributed by atoms with van der Waals surface area (Å²) in [7, 11) is 0. The van der Waals surface area contributed by atoms with E-state index in [9.17, 15) is 0 Å². The molecule has 1 aromatic carbocycles. The van der Waals surface area contributed by atoms with Crippen LogP contribution in [0.5, 0.6) is 0 Å². The Kier molecular flexibility index (Phi) is 2.35. The van der Waals surface area contributed by atoms with E-state index in [0.29, 0.717) is 6.04 Å². The molecule has 0 radical (unpaired) electrons. The summed E-state index contributed by atoms with van der Waals surface area (Å²) in [5.41, 5.74) is 2.28. The van der Waals surface area contributed by atoms with Crippen LogP contribution in [0.4, 0.5) is 0 Å². The molecule has 3 nitrogen and oxygen atoms in total. The van der Waals surface area contributed by atoms with Gasteiger partial charge in [0.2, 0.25) is 0 Å². The molecule has 0 spiro atoms. The lowest BCUT2D eigenvalue weighted by Gasteiger charge is -2.09. The van der Waals surface area contributed by atoms with Crippen molar-refractivity contribution >= 4 is 15.9 Å². The summed E-state index contributed by atoms with van der Waals surface area (Å²) in [5.74, 6) is 1.98. The number of nitrogens with zero attached hydrogens (tertiary/aromatic N) is 1. The minimum Gasteiger partial charge on any atom is -0.341 e. The Labute approximate surface area is 114 Å². The lowest BCUT2D eigenvalue weighted by atomic mass is 10.1. The summed E-state index contributed by atoms with van der Waals surface area (Å²) in [6, 6.07) is 9.49. The minimum atomic E-state index is 0.429. The number of halogens is 1. The number of fused-ring (bicyclic) bond motifs is 1. The number of hydrogen-bond acceptors (Lipinski definition) is 2. The number of rotatable bonds is 2. The molecule has 4 heteroatoms. The Morgan fingerprint density at radius 3 is 2.72 bits per heavy atom. The molecule has 2 aliphatic rings. The van der Waals surface area contributed by atoms with Crippen molar-refractivity contribution in [1.29, 1.82) is 0 Å². The quantitative estimate of drug-likeness (QED) is 0.894. The van der Waals surface area contributed by atoms with Crippen LogP contribution in [0.15, 0.2) is 34.9 Å². The molecule has 1 saturated carbocycles. The number of H-pyrrole nitrogens is 1. The van der Waals surface area contributed by atoms with Crippen LogP contribution < -0.4 is 5.32 Å². The van der Waals surface area contributed by atoms with E-state index in [1.54, 1.807) is 0 Å². The van der Waals surface area contributed by atoms with Crippen LogP contribution in [0, 0.1) is 5.92 Å². The molecule has 2 fully saturated rings. The van der Waals surface area contributed by atoms with Gasteiger partial charge in [-0.1, -0.05) is 28.1 Å². The van der Waals surface area contributed by atoms with Crippen molar-refractivity contribution in [2.24, 2.45) is 5.92 Å². The third kappa shape index (κ3) is 1.80. The molecule has 2 heterocycles. The van der Waals surface area contributed by atoms with Crippen molar-refractivity contribution in [3.8, 4) is 11.3 Å². The Hall–Kier alpha value is -1.13. The molecule has 18 heavy (non-hydrogen) atoms. The smallest absolute Gasteiger partial charge is 0.123 e. The number of benzene rings is 1. The standard InChI is InChI=1S/C14H14BrN3/c15-10-3-1-8(2-4-10)13-7-16-14(18-13)12-6-9-5-11(9)17-12/h1-4,7,9,11-12,17H,5-6H2,(H,16,18)/t9?,11-,12+/m1/s1. The Bertz CT molecular complexity index is 565. The van der Waals surface area contributed by atoms with E-state index < -0.39 is 0 Å². The second-order valence-electron chi connectivity index (χ2n) is 5.25. The van der Waals surface area contributed by atoms with Gasteiger partial charge in [0.15, 0.2) is 0 Å². The molecule has 1 aromatic heterocycles. The lowest BCUT2D eigenvalue weighted by Crippen LogP contribution is -2.18. The van der Waals surface area contributed by atoms with E-state index in [1.165, 1.54) is 18.4 Å². The van der Waals surface area contributed by atoms with Gasteiger partial charge in [0, 0.05) is 10.5 Å². The van der Waals surface area contributed by atoms with Gasteiger partial charge in [-0.05, 0) is 36.5 Å². The average molecular weight is 304 g/mol. The van der Waals surface area contributed by atoms with Gasteiger partial charge < -0.3 is 10.3 Å². The minimum absolute atomic E-state index is 0.429. The zero-order chi connectivity index (χ0) is 12.1. The van der Waals surface area contributed by atoms with Crippen molar-refractivity contribution in [2.45, 2.75) is 24.9 Å². The van der Waals surface area contributed by atoms with Gasteiger partial charge in [0.25, 0.3) is 0 Å². The molecular weight excluding hydrogens is 290 g/mol. The van der Waals surface area contributed by atoms with E-state index in [1.807, 2.05) is 6.20 Å². The predicted molar refractivity (Wildman–Crippen MR) is 74.1 cm³/mol. The molecule has 2 N–H and O–H groups in total. The molecule has 1 aliphatic carbocycles. The third-order valence-corrected chi connectivity index (χ3v) is 4.49. The van der Waals surface area contributed by atoms with Crippen molar-refractivity contribution in [1.82, 2.24) is 15.3 Å². The van der Waals surface area contributed by atoms with Crippen LogP contribution in [-0.2, 0) is 0 Å². The number of aromatic amines is 1. The Morgan fingerprint density at radius 2 is 2.00 bits per heavy atom. The van der Waals surface area contributed by atoms with Gasteiger partial charge >= 0.3 is 0 Å². The van der Waals surface area contributed by atoms with Gasteiger partial charge in [0.1, 0.15) is 5.82 Å². The van der Waals surface area contributed by atoms with Crippen molar-refractivity contribution in [3.63, 3.8) is 0 Å². The Morgan fingerprint density at radius 1 is 1.17 bits per heavy atom. The number of aromatic nitrogens is 2. The zero-order valence-corrected chi connectivity index (χ0v) is 11.4. The number of hydrogen-bond donors (Lipinski definition) is 2. The van der Waals surface area contributed by atoms with Crippen LogP contribution >= 0.6 is 15.9 Å². The van der Waals surface area contributed by atoms with E-state index in [0.717, 1.165) is 28.0 Å². The summed E-state index contributed by atoms with van der Waals surface area (Å²) in [4.78, 5) is 7.97. The van der Waals surface area contributed by atoms with Crippen molar-refractivity contribution in [3.05, 3.63) is 40.8 Å². The second kappa shape index (κ2) is 3.93. The number of nitrogens with one attached hydrogen (secondary N) is 2. The molecule has 3 atom stereocenters. The maximum atomic E-state index is 4.52. The largest absolute Gasteiger partial charge is 0.341 e. The van der Waals surface area contributed by atoms with Crippen molar-refractivity contribution in [2.75, 3.05) is 0 Å². The number of piperidine rings is 1. The number of imidazole rings is 1. The molecule has 1 aliphatic heterocycles. The van der Waals surface area contributed by atoms with Crippen molar-refractivity contribution < 1.29 is 0 Å². The molecule has 0 amide bonds. The Balaban J connectivity index is 1.59. The first-order valence-corrected chi connectivity index (χ1v) is 7.16. The van der Waals surface area contributed by atoms with Gasteiger partial charge in [-0.15, -0.1) is 0 Å². The summed E-state index contributed by atoms with van der Waals surface area (Å²) in [5, 5.41) is 3.62. The summed E-state index contributed by atoms with van der Waals surface area (Å²) < 4.78 is 1.10. The SMILES string of the molecule is Brc1ccc(-c2cnc([C@@H]3CC4C[C@H]4N3)[nH]2)cc1. The first-order valence-electron chi connectivity index (χ1n) is 6.36. The first-order chi connectivity index (χ1) is 8.79. The highest BCUT2D eigenvalue weighted by atomic mass is 79.9. The fourth-order valence-electron chi connectivity index (χ4n) is 2.82. The maximum Gasteiger partial charge on any atom is 0.123 e. The first kappa shape index (κ1) is 10.8. The summed E-state index contributed by atoms with van der Waals surface area (Å²) >= 11 is 3.45. The predicted octanol–water partition coefficient (Wildman–Crippen LogP) is 3.26. The summed E-state index contributed by atoms with van der Waals surface area (Å²) in [6.07, 6.45) is 4.53. The molecule has 1 unspecified atom stereocenters. The maximum absolute atomic E-state index is 4.52. The highest BCUT2D eigenvalue weighted by Gasteiger charge is 2.46. The van der Waals surface area contributed by atoms with Gasteiger partial charge in [0.05, 0.1) is 17.9 Å². The normalized spacial score (nSPS) is 29.3. The molecule has 0 bridgehead atoms. The van der Waals surface area contributed by atoms with E-state index in [4.69, 9.17) is 0 Å². The van der Waals surface area contributed by atoms with E-state index in [-0.39, 0.29) is 0 Å². The molecular formula is C14H14BrN3. The van der Waals surface area contributed by atoms with Gasteiger partial charge in [-0.3, -0.25) is 0 Å². The van der Waals surface area contributed by atoms with E-state index >= 15 is 0 Å². The molecule has 2 aromatic rings. The van der Waals surface area contributed by atoms with Crippen LogP contribution in [0.1, 0.15) is 24.7 Å². The van der Waals surface area contributed by atoms with Gasteiger partial charge in [-0.2, -0.15) is 0 Å². The van der Waals surface area contributed by atoms with Crippen LogP contribution in [0.25, 0.3) is 11.3 Å². The van der Waals surface area contributed by atoms with Crippen LogP contribution in [0.2, 0.25) is 0 Å². The van der Waals surface area contributed by atoms with E-state index in [2.05, 4.69) is 55.5 Å². The third-order valence-electron chi connectivity index (χ3n) is 3.96. The monoisotopic (exact) mass is 303 g/mol. The molecule has 4 rings (SSSR count). The van der Waals surface area contributed by atoms with Crippen LogP contribution in [0.3, 0.4) is 0 Å². The summed E-state index contributed by atoms with van der Waals surface area (Å²) in [6.45, 7) is 0. The average Bonchev–Trinajstić information content (AvgIpc) is 2.83. The second-order valence-corrected chi connectivity index (χ2v) is 6.16. The highest BCUT2D eigenvalue weighted by Crippen LogP contribution is 2.45. The highest BCUT2D eigenvalue weighted by molar-refractivity contribution is 9.10. The topological polar surface area (TPSA) is 40.7 Å². The lowest BCUT2D eigenvalue weighted by molar-refractivity contribution is 0.543.